The summed E-state index contributed by atoms with van der Waals surface area (Å²) >= 11 is 3.34. The van der Waals surface area contributed by atoms with E-state index >= 15 is 0 Å². The number of benzene rings is 2. The molecule has 0 heterocycles. The van der Waals surface area contributed by atoms with Crippen LogP contribution in [0.5, 0.6) is 5.75 Å². The monoisotopic (exact) mass is 371 g/mol. The van der Waals surface area contributed by atoms with E-state index in [2.05, 4.69) is 26.6 Å². The highest BCUT2D eigenvalue weighted by atomic mass is 79.9. The minimum atomic E-state index is -0.484. The molecule has 116 valence electrons. The number of hydrogen-bond acceptors (Lipinski definition) is 4. The smallest absolute Gasteiger partial charge is 0.267 e. The molecule has 6 heteroatoms. The van der Waals surface area contributed by atoms with E-state index in [9.17, 15) is 4.79 Å². The number of hydrogen-bond donors (Lipinski definition) is 2. The highest BCUT2D eigenvalue weighted by Crippen LogP contribution is 2.16. The number of anilines is 2. The molecule has 2 aromatic carbocycles. The van der Waals surface area contributed by atoms with Crippen molar-refractivity contribution in [3.05, 3.63) is 64.8 Å². The van der Waals surface area contributed by atoms with Crippen LogP contribution in [-0.4, -0.2) is 13.0 Å². The SMILES string of the molecule is COc1ccc(NC(=O)/C(C#N)=C\Nc2ccc(Br)cc2)cc1. The third kappa shape index (κ3) is 4.87. The van der Waals surface area contributed by atoms with Crippen LogP contribution in [-0.2, 0) is 4.79 Å². The fraction of sp³-hybridized carbons (Fsp3) is 0.0588. The summed E-state index contributed by atoms with van der Waals surface area (Å²) in [6.45, 7) is 0. The van der Waals surface area contributed by atoms with Gasteiger partial charge in [0.25, 0.3) is 5.91 Å². The van der Waals surface area contributed by atoms with Gasteiger partial charge in [-0.2, -0.15) is 5.26 Å². The molecule has 0 fully saturated rings. The Morgan fingerprint density at radius 1 is 1.13 bits per heavy atom. The molecule has 1 amide bonds. The van der Waals surface area contributed by atoms with Gasteiger partial charge in [-0.25, -0.2) is 0 Å². The van der Waals surface area contributed by atoms with Crippen molar-refractivity contribution in [2.75, 3.05) is 17.7 Å². The highest BCUT2D eigenvalue weighted by molar-refractivity contribution is 9.10. The quantitative estimate of drug-likeness (QED) is 0.616. The van der Waals surface area contributed by atoms with Gasteiger partial charge in [0, 0.05) is 22.0 Å². The van der Waals surface area contributed by atoms with Crippen LogP contribution < -0.4 is 15.4 Å². The van der Waals surface area contributed by atoms with Crippen LogP contribution in [0.25, 0.3) is 0 Å². The number of ether oxygens (including phenoxy) is 1. The van der Waals surface area contributed by atoms with Gasteiger partial charge >= 0.3 is 0 Å². The predicted octanol–water partition coefficient (Wildman–Crippen LogP) is 3.92. The van der Waals surface area contributed by atoms with Crippen molar-refractivity contribution in [1.82, 2.24) is 0 Å². The van der Waals surface area contributed by atoms with Gasteiger partial charge in [-0.1, -0.05) is 15.9 Å². The highest BCUT2D eigenvalue weighted by Gasteiger charge is 2.09. The topological polar surface area (TPSA) is 74.1 Å². The Bertz CT molecular complexity index is 747. The largest absolute Gasteiger partial charge is 0.497 e. The maximum Gasteiger partial charge on any atom is 0.267 e. The predicted molar refractivity (Wildman–Crippen MR) is 93.1 cm³/mol. The van der Waals surface area contributed by atoms with Gasteiger partial charge < -0.3 is 15.4 Å². The Labute approximate surface area is 142 Å². The summed E-state index contributed by atoms with van der Waals surface area (Å²) < 4.78 is 6.00. The Morgan fingerprint density at radius 2 is 1.74 bits per heavy atom. The van der Waals surface area contributed by atoms with Crippen molar-refractivity contribution >= 4 is 33.2 Å². The van der Waals surface area contributed by atoms with Crippen LogP contribution in [0.2, 0.25) is 0 Å². The number of amides is 1. The van der Waals surface area contributed by atoms with Crippen LogP contribution in [0.1, 0.15) is 0 Å². The second kappa shape index (κ2) is 8.01. The number of nitrogens with one attached hydrogen (secondary N) is 2. The lowest BCUT2D eigenvalue weighted by Crippen LogP contribution is -2.14. The summed E-state index contributed by atoms with van der Waals surface area (Å²) in [6.07, 6.45) is 1.38. The first-order chi connectivity index (χ1) is 11.1. The molecule has 0 unspecified atom stereocenters. The maximum atomic E-state index is 12.1. The van der Waals surface area contributed by atoms with Gasteiger partial charge in [-0.15, -0.1) is 0 Å². The Morgan fingerprint density at radius 3 is 2.30 bits per heavy atom. The maximum absolute atomic E-state index is 12.1. The number of carbonyl (C=O) groups is 1. The van der Waals surface area contributed by atoms with E-state index in [1.54, 1.807) is 31.4 Å². The first-order valence-corrected chi connectivity index (χ1v) is 7.49. The Balaban J connectivity index is 2.03. The van der Waals surface area contributed by atoms with Crippen molar-refractivity contribution in [2.24, 2.45) is 0 Å². The van der Waals surface area contributed by atoms with Gasteiger partial charge in [0.2, 0.25) is 0 Å². The molecule has 0 bridgehead atoms. The number of rotatable bonds is 5. The van der Waals surface area contributed by atoms with Crippen molar-refractivity contribution in [1.29, 1.82) is 5.26 Å². The molecular weight excluding hydrogens is 358 g/mol. The fourth-order valence-electron chi connectivity index (χ4n) is 1.72. The number of methoxy groups -OCH3 is 1. The Hall–Kier alpha value is -2.78. The lowest BCUT2D eigenvalue weighted by Gasteiger charge is -2.06. The molecule has 0 aliphatic heterocycles. The van der Waals surface area contributed by atoms with E-state index in [1.807, 2.05) is 30.3 Å². The molecule has 0 atom stereocenters. The molecule has 0 spiro atoms. The van der Waals surface area contributed by atoms with Gasteiger partial charge in [0.05, 0.1) is 7.11 Å². The van der Waals surface area contributed by atoms with Crippen molar-refractivity contribution in [3.8, 4) is 11.8 Å². The van der Waals surface area contributed by atoms with Crippen LogP contribution in [0.3, 0.4) is 0 Å². The molecule has 5 nitrogen and oxygen atoms in total. The molecular formula is C17H14BrN3O2. The van der Waals surface area contributed by atoms with Crippen LogP contribution in [0.4, 0.5) is 11.4 Å². The van der Waals surface area contributed by atoms with Crippen LogP contribution >= 0.6 is 15.9 Å². The first-order valence-electron chi connectivity index (χ1n) is 6.70. The molecule has 0 saturated carbocycles. The van der Waals surface area contributed by atoms with Gasteiger partial charge in [-0.3, -0.25) is 4.79 Å². The zero-order chi connectivity index (χ0) is 16.7. The minimum Gasteiger partial charge on any atom is -0.497 e. The molecule has 2 aromatic rings. The van der Waals surface area contributed by atoms with E-state index in [0.717, 1.165) is 10.2 Å². The average molecular weight is 372 g/mol. The number of halogens is 1. The van der Waals surface area contributed by atoms with E-state index < -0.39 is 5.91 Å². The number of nitrogens with zero attached hydrogens (tertiary/aromatic N) is 1. The molecule has 0 aliphatic carbocycles. The second-order valence-corrected chi connectivity index (χ2v) is 5.42. The summed E-state index contributed by atoms with van der Waals surface area (Å²) in [5.41, 5.74) is 1.34. The van der Waals surface area contributed by atoms with Crippen molar-refractivity contribution in [2.45, 2.75) is 0 Å². The standard InChI is InChI=1S/C17H14BrN3O2/c1-23-16-8-6-15(7-9-16)21-17(22)12(10-19)11-20-14-4-2-13(18)3-5-14/h2-9,11,20H,1H3,(H,21,22)/b12-11-. The molecule has 0 aliphatic rings. The second-order valence-electron chi connectivity index (χ2n) is 4.50. The van der Waals surface area contributed by atoms with Crippen LogP contribution in [0.15, 0.2) is 64.8 Å². The van der Waals surface area contributed by atoms with Crippen LogP contribution in [0, 0.1) is 11.3 Å². The van der Waals surface area contributed by atoms with Crippen molar-refractivity contribution < 1.29 is 9.53 Å². The van der Waals surface area contributed by atoms with Gasteiger partial charge in [0.1, 0.15) is 17.4 Å². The zero-order valence-corrected chi connectivity index (χ0v) is 13.9. The van der Waals surface area contributed by atoms with Gasteiger partial charge in [-0.05, 0) is 48.5 Å². The lowest BCUT2D eigenvalue weighted by atomic mass is 10.2. The van der Waals surface area contributed by atoms with E-state index in [4.69, 9.17) is 10.00 Å². The minimum absolute atomic E-state index is 0.0243. The van der Waals surface area contributed by atoms with E-state index in [-0.39, 0.29) is 5.57 Å². The third-order valence-electron chi connectivity index (χ3n) is 2.94. The summed E-state index contributed by atoms with van der Waals surface area (Å²) in [7, 11) is 1.57. The molecule has 0 aromatic heterocycles. The van der Waals surface area contributed by atoms with E-state index in [0.29, 0.717) is 11.4 Å². The summed E-state index contributed by atoms with van der Waals surface area (Å²) in [4.78, 5) is 12.1. The number of nitriles is 1. The Kier molecular flexibility index (Phi) is 5.78. The summed E-state index contributed by atoms with van der Waals surface area (Å²) in [5, 5.41) is 14.7. The summed E-state index contributed by atoms with van der Waals surface area (Å²) in [5.74, 6) is 0.207. The molecule has 23 heavy (non-hydrogen) atoms. The van der Waals surface area contributed by atoms with Crippen molar-refractivity contribution in [3.63, 3.8) is 0 Å². The molecule has 0 saturated heterocycles. The first kappa shape index (κ1) is 16.6. The average Bonchev–Trinajstić information content (AvgIpc) is 2.58. The summed E-state index contributed by atoms with van der Waals surface area (Å²) in [6, 6.07) is 16.1. The normalized spacial score (nSPS) is 10.6. The van der Waals surface area contributed by atoms with Gasteiger partial charge in [0.15, 0.2) is 0 Å². The molecule has 2 N–H and O–H groups in total. The molecule has 0 radical (unpaired) electrons. The third-order valence-corrected chi connectivity index (χ3v) is 3.47. The zero-order valence-electron chi connectivity index (χ0n) is 12.3. The fourth-order valence-corrected chi connectivity index (χ4v) is 1.99. The number of carbonyl (C=O) groups excluding carboxylic acids is 1. The lowest BCUT2D eigenvalue weighted by molar-refractivity contribution is -0.112. The molecule has 2 rings (SSSR count). The van der Waals surface area contributed by atoms with E-state index in [1.165, 1.54) is 6.20 Å².